The number of rotatable bonds is 3. The molecule has 2 aromatic rings. The van der Waals surface area contributed by atoms with Gasteiger partial charge in [0.2, 0.25) is 5.91 Å². The minimum absolute atomic E-state index is 0.0391. The van der Waals surface area contributed by atoms with E-state index in [1.54, 1.807) is 0 Å². The summed E-state index contributed by atoms with van der Waals surface area (Å²) in [6.07, 6.45) is 5.53. The first-order valence-electron chi connectivity index (χ1n) is 12.3. The molecule has 170 valence electrons. The van der Waals surface area contributed by atoms with Crippen LogP contribution in [0.4, 0.5) is 0 Å². The fourth-order valence-electron chi connectivity index (χ4n) is 6.74. The molecule has 2 saturated heterocycles. The number of nitrogens with zero attached hydrogens (tertiary/aromatic N) is 1. The monoisotopic (exact) mass is 494 g/mol. The minimum atomic E-state index is -0.0524. The van der Waals surface area contributed by atoms with Crippen molar-refractivity contribution in [3.05, 3.63) is 69.7 Å². The first kappa shape index (κ1) is 22.2. The summed E-state index contributed by atoms with van der Waals surface area (Å²) in [5.41, 5.74) is 4.21. The largest absolute Gasteiger partial charge is 0.339 e. The summed E-state index contributed by atoms with van der Waals surface area (Å²) in [6.45, 7) is 7.17. The van der Waals surface area contributed by atoms with E-state index in [9.17, 15) is 4.79 Å². The molecule has 4 unspecified atom stereocenters. The van der Waals surface area contributed by atoms with Gasteiger partial charge in [0.05, 0.1) is 5.92 Å². The maximum absolute atomic E-state index is 14.2. The predicted octanol–water partition coefficient (Wildman–Crippen LogP) is 5.67. The average molecular weight is 496 g/mol. The molecule has 2 aromatic carbocycles. The van der Waals surface area contributed by atoms with E-state index < -0.39 is 0 Å². The lowest BCUT2D eigenvalue weighted by Gasteiger charge is -2.46. The number of likely N-dealkylation sites (tertiary alicyclic amines) is 1. The lowest BCUT2D eigenvalue weighted by molar-refractivity contribution is -0.142. The van der Waals surface area contributed by atoms with Crippen molar-refractivity contribution < 1.29 is 4.79 Å². The van der Waals surface area contributed by atoms with E-state index in [1.165, 1.54) is 23.1 Å². The summed E-state index contributed by atoms with van der Waals surface area (Å²) in [6, 6.07) is 17.9. The Bertz CT molecular complexity index is 975. The van der Waals surface area contributed by atoms with Crippen LogP contribution in [0.5, 0.6) is 0 Å². The highest BCUT2D eigenvalue weighted by Crippen LogP contribution is 2.47. The van der Waals surface area contributed by atoms with Crippen LogP contribution >= 0.6 is 15.9 Å². The van der Waals surface area contributed by atoms with E-state index in [-0.39, 0.29) is 11.3 Å². The van der Waals surface area contributed by atoms with Crippen LogP contribution in [0, 0.1) is 11.8 Å². The highest BCUT2D eigenvalue weighted by atomic mass is 79.9. The molecular weight excluding hydrogens is 460 g/mol. The number of carbonyl (C=O) groups is 1. The summed E-state index contributed by atoms with van der Waals surface area (Å²) < 4.78 is 1.14. The lowest BCUT2D eigenvalue weighted by atomic mass is 9.64. The van der Waals surface area contributed by atoms with Crippen molar-refractivity contribution in [3.8, 4) is 0 Å². The standard InChI is InChI=1S/C28H35BrN2O/c1-19(2)26-16-21(20-7-4-3-5-8-20)12-14-31(26)27(32)25-17-30-18-28(25)13-6-9-22-15-23(29)10-11-24(22)28/h3-5,7-8,10-11,15,19,21,25-26,30H,6,9,12-14,16-18H2,1-2H3. The molecule has 0 saturated carbocycles. The molecule has 2 aliphatic heterocycles. The van der Waals surface area contributed by atoms with Crippen LogP contribution < -0.4 is 5.32 Å². The molecule has 1 amide bonds. The second-order valence-electron chi connectivity index (χ2n) is 10.5. The van der Waals surface area contributed by atoms with Gasteiger partial charge in [-0.15, -0.1) is 0 Å². The normalized spacial score (nSPS) is 30.0. The number of carbonyl (C=O) groups excluding carboxylic acids is 1. The fourth-order valence-corrected chi connectivity index (χ4v) is 7.15. The van der Waals surface area contributed by atoms with Gasteiger partial charge in [0.1, 0.15) is 0 Å². The predicted molar refractivity (Wildman–Crippen MR) is 134 cm³/mol. The SMILES string of the molecule is CC(C)C1CC(c2ccccc2)CCN1C(=O)C1CNCC12CCCc1cc(Br)ccc12. The zero-order valence-electron chi connectivity index (χ0n) is 19.3. The second-order valence-corrected chi connectivity index (χ2v) is 11.4. The molecule has 4 heteroatoms. The molecule has 1 aliphatic carbocycles. The Balaban J connectivity index is 1.42. The van der Waals surface area contributed by atoms with Crippen molar-refractivity contribution in [1.82, 2.24) is 10.2 Å². The van der Waals surface area contributed by atoms with E-state index in [4.69, 9.17) is 0 Å². The number of benzene rings is 2. The van der Waals surface area contributed by atoms with Crippen LogP contribution in [-0.2, 0) is 16.6 Å². The van der Waals surface area contributed by atoms with Crippen LogP contribution in [0.1, 0.15) is 62.1 Å². The molecule has 0 radical (unpaired) electrons. The molecule has 4 atom stereocenters. The first-order chi connectivity index (χ1) is 15.5. The smallest absolute Gasteiger partial charge is 0.228 e. The number of nitrogens with one attached hydrogen (secondary N) is 1. The van der Waals surface area contributed by atoms with Crippen LogP contribution in [-0.4, -0.2) is 36.5 Å². The summed E-state index contributed by atoms with van der Waals surface area (Å²) in [7, 11) is 0. The number of aryl methyl sites for hydroxylation is 1. The third kappa shape index (κ3) is 3.84. The van der Waals surface area contributed by atoms with Crippen LogP contribution in [0.2, 0.25) is 0 Å². The zero-order chi connectivity index (χ0) is 22.3. The highest BCUT2D eigenvalue weighted by Gasteiger charge is 2.52. The summed E-state index contributed by atoms with van der Waals surface area (Å²) >= 11 is 3.65. The maximum atomic E-state index is 14.2. The average Bonchev–Trinajstić information content (AvgIpc) is 3.22. The van der Waals surface area contributed by atoms with Gasteiger partial charge in [0.15, 0.2) is 0 Å². The molecule has 3 nitrogen and oxygen atoms in total. The van der Waals surface area contributed by atoms with Gasteiger partial charge in [-0.1, -0.05) is 66.2 Å². The Morgan fingerprint density at radius 1 is 1.19 bits per heavy atom. The van der Waals surface area contributed by atoms with Gasteiger partial charge in [-0.3, -0.25) is 4.79 Å². The summed E-state index contributed by atoms with van der Waals surface area (Å²) in [5.74, 6) is 1.44. The maximum Gasteiger partial charge on any atom is 0.228 e. The number of hydrogen-bond acceptors (Lipinski definition) is 2. The number of amides is 1. The van der Waals surface area contributed by atoms with Gasteiger partial charge in [0.25, 0.3) is 0 Å². The van der Waals surface area contributed by atoms with Gasteiger partial charge in [-0.05, 0) is 72.8 Å². The Labute approximate surface area is 201 Å². The topological polar surface area (TPSA) is 32.3 Å². The molecule has 2 fully saturated rings. The van der Waals surface area contributed by atoms with Crippen molar-refractivity contribution in [2.24, 2.45) is 11.8 Å². The van der Waals surface area contributed by atoms with E-state index in [2.05, 4.69) is 88.5 Å². The van der Waals surface area contributed by atoms with Crippen molar-refractivity contribution in [1.29, 1.82) is 0 Å². The van der Waals surface area contributed by atoms with Gasteiger partial charge in [-0.25, -0.2) is 0 Å². The Hall–Kier alpha value is -1.65. The van der Waals surface area contributed by atoms with Crippen LogP contribution in [0.3, 0.4) is 0 Å². The Kier molecular flexibility index (Phi) is 6.19. The lowest BCUT2D eigenvalue weighted by Crippen LogP contribution is -2.54. The highest BCUT2D eigenvalue weighted by molar-refractivity contribution is 9.10. The molecule has 0 bridgehead atoms. The molecule has 1 spiro atoms. The third-order valence-corrected chi connectivity index (χ3v) is 8.89. The zero-order valence-corrected chi connectivity index (χ0v) is 20.9. The minimum Gasteiger partial charge on any atom is -0.339 e. The second kappa shape index (κ2) is 8.95. The fraction of sp³-hybridized carbons (Fsp3) is 0.536. The molecule has 1 N–H and O–H groups in total. The van der Waals surface area contributed by atoms with E-state index in [0.717, 1.165) is 49.8 Å². The Morgan fingerprint density at radius 2 is 2.00 bits per heavy atom. The summed E-state index contributed by atoms with van der Waals surface area (Å²) in [4.78, 5) is 16.5. The molecule has 32 heavy (non-hydrogen) atoms. The van der Waals surface area contributed by atoms with Gasteiger partial charge >= 0.3 is 0 Å². The number of piperidine rings is 1. The van der Waals surface area contributed by atoms with E-state index in [0.29, 0.717) is 23.8 Å². The molecule has 3 aliphatic rings. The Morgan fingerprint density at radius 3 is 2.78 bits per heavy atom. The van der Waals surface area contributed by atoms with Crippen molar-refractivity contribution in [3.63, 3.8) is 0 Å². The third-order valence-electron chi connectivity index (χ3n) is 8.40. The molecule has 5 rings (SSSR count). The summed E-state index contributed by atoms with van der Waals surface area (Å²) in [5, 5.41) is 3.63. The molecule has 2 heterocycles. The number of fused-ring (bicyclic) bond motifs is 2. The number of hydrogen-bond donors (Lipinski definition) is 1. The van der Waals surface area contributed by atoms with Crippen molar-refractivity contribution >= 4 is 21.8 Å². The van der Waals surface area contributed by atoms with Gasteiger partial charge in [0, 0.05) is 35.6 Å². The number of halogens is 1. The van der Waals surface area contributed by atoms with Crippen LogP contribution in [0.25, 0.3) is 0 Å². The first-order valence-corrected chi connectivity index (χ1v) is 13.1. The van der Waals surface area contributed by atoms with Crippen LogP contribution in [0.15, 0.2) is 53.0 Å². The molecular formula is C28H35BrN2O. The van der Waals surface area contributed by atoms with Crippen molar-refractivity contribution in [2.45, 2.75) is 63.3 Å². The van der Waals surface area contributed by atoms with Gasteiger partial charge < -0.3 is 10.2 Å². The van der Waals surface area contributed by atoms with Gasteiger partial charge in [-0.2, -0.15) is 0 Å². The van der Waals surface area contributed by atoms with E-state index >= 15 is 0 Å². The quantitative estimate of drug-likeness (QED) is 0.595. The van der Waals surface area contributed by atoms with Crippen molar-refractivity contribution in [2.75, 3.05) is 19.6 Å². The van der Waals surface area contributed by atoms with E-state index in [1.807, 2.05) is 0 Å². The molecule has 0 aromatic heterocycles.